The summed E-state index contributed by atoms with van der Waals surface area (Å²) in [5, 5.41) is 8.58. The first-order chi connectivity index (χ1) is 6.61. The van der Waals surface area contributed by atoms with Crippen LogP contribution in [0.4, 0.5) is 0 Å². The third kappa shape index (κ3) is 5.53. The number of nitrogens with two attached hydrogens (primary N) is 1. The Morgan fingerprint density at radius 3 is 2.14 bits per heavy atom. The maximum Gasteiger partial charge on any atom is 0.306 e. The fourth-order valence-corrected chi connectivity index (χ4v) is 1.37. The van der Waals surface area contributed by atoms with Gasteiger partial charge in [0.1, 0.15) is 0 Å². The number of aliphatic carboxylic acids is 1. The Bertz CT molecular complexity index is 176. The summed E-state index contributed by atoms with van der Waals surface area (Å²) in [6.45, 7) is 0.375. The van der Waals surface area contributed by atoms with Crippen LogP contribution in [0.2, 0.25) is 0 Å². The molecular formula is C9H17NO4. The summed E-state index contributed by atoms with van der Waals surface area (Å²) < 4.78 is 3.86. The molecule has 0 spiro atoms. The zero-order chi connectivity index (χ0) is 11.0. The highest BCUT2D eigenvalue weighted by Crippen LogP contribution is 2.22. The van der Waals surface area contributed by atoms with Gasteiger partial charge < -0.3 is 15.6 Å². The topological polar surface area (TPSA) is 89.6 Å². The van der Waals surface area contributed by atoms with Gasteiger partial charge in [0, 0.05) is 6.04 Å². The molecule has 1 fully saturated rings. The summed E-state index contributed by atoms with van der Waals surface area (Å²) in [5.41, 5.74) is 5.60. The molecule has 14 heavy (non-hydrogen) atoms. The smallest absolute Gasteiger partial charge is 0.306 e. The number of hydrogen-bond acceptors (Lipinski definition) is 4. The van der Waals surface area contributed by atoms with Crippen LogP contribution < -0.4 is 5.73 Å². The lowest BCUT2D eigenvalue weighted by molar-refractivity contribution is -0.142. The predicted octanol–water partition coefficient (Wildman–Crippen LogP) is 0.378. The van der Waals surface area contributed by atoms with Gasteiger partial charge >= 0.3 is 5.97 Å². The number of carboxylic acid groups (broad SMARTS) is 1. The normalized spacial score (nSPS) is 25.6. The molecule has 82 valence electrons. The molecule has 0 aromatic rings. The van der Waals surface area contributed by atoms with Gasteiger partial charge in [-0.05, 0) is 25.7 Å². The molecular weight excluding hydrogens is 186 g/mol. The molecule has 0 heterocycles. The van der Waals surface area contributed by atoms with Crippen molar-refractivity contribution in [3.63, 3.8) is 0 Å². The number of hydrogen-bond donors (Lipinski definition) is 2. The van der Waals surface area contributed by atoms with Crippen molar-refractivity contribution >= 4 is 12.4 Å². The monoisotopic (exact) mass is 203 g/mol. The molecule has 1 rings (SSSR count). The van der Waals surface area contributed by atoms with E-state index in [-0.39, 0.29) is 12.0 Å². The van der Waals surface area contributed by atoms with Gasteiger partial charge in [-0.2, -0.15) is 0 Å². The van der Waals surface area contributed by atoms with Crippen molar-refractivity contribution in [2.24, 2.45) is 11.7 Å². The minimum atomic E-state index is -0.660. The molecule has 0 aromatic carbocycles. The van der Waals surface area contributed by atoms with Gasteiger partial charge in [-0.1, -0.05) is 0 Å². The second-order valence-corrected chi connectivity index (χ2v) is 3.28. The standard InChI is InChI=1S/C7H13NO2.C2H4O2/c8-6-3-1-5(2-4-6)7(9)10;1-4-2-3/h5-6H,1-4,8H2,(H,9,10);2H,1H3. The van der Waals surface area contributed by atoms with E-state index in [9.17, 15) is 4.79 Å². The van der Waals surface area contributed by atoms with Crippen molar-refractivity contribution in [1.29, 1.82) is 0 Å². The third-order valence-electron chi connectivity index (χ3n) is 2.22. The van der Waals surface area contributed by atoms with Crippen LogP contribution in [0, 0.1) is 5.92 Å². The molecule has 0 amide bonds. The maximum absolute atomic E-state index is 10.4. The van der Waals surface area contributed by atoms with Gasteiger partial charge in [0.05, 0.1) is 13.0 Å². The molecule has 3 N–H and O–H groups in total. The van der Waals surface area contributed by atoms with Crippen molar-refractivity contribution < 1.29 is 19.4 Å². The fourth-order valence-electron chi connectivity index (χ4n) is 1.37. The molecule has 0 aliphatic heterocycles. The summed E-state index contributed by atoms with van der Waals surface area (Å²) in [7, 11) is 1.31. The van der Waals surface area contributed by atoms with Crippen LogP contribution in [0.3, 0.4) is 0 Å². The fraction of sp³-hybridized carbons (Fsp3) is 0.778. The second kappa shape index (κ2) is 7.32. The van der Waals surface area contributed by atoms with Gasteiger partial charge in [0.15, 0.2) is 0 Å². The maximum atomic E-state index is 10.4. The lowest BCUT2D eigenvalue weighted by Gasteiger charge is -2.22. The zero-order valence-electron chi connectivity index (χ0n) is 8.31. The van der Waals surface area contributed by atoms with Gasteiger partial charge in [-0.25, -0.2) is 0 Å². The molecule has 5 heteroatoms. The first-order valence-corrected chi connectivity index (χ1v) is 4.56. The molecule has 0 unspecified atom stereocenters. The molecule has 0 aromatic heterocycles. The van der Waals surface area contributed by atoms with E-state index in [0.717, 1.165) is 25.7 Å². The Labute approximate surface area is 83.2 Å². The Balaban J connectivity index is 0.000000364. The van der Waals surface area contributed by atoms with Crippen molar-refractivity contribution in [2.75, 3.05) is 7.11 Å². The first-order valence-electron chi connectivity index (χ1n) is 4.56. The van der Waals surface area contributed by atoms with Gasteiger partial charge in [0.25, 0.3) is 6.47 Å². The summed E-state index contributed by atoms with van der Waals surface area (Å²) in [4.78, 5) is 19.4. The van der Waals surface area contributed by atoms with Gasteiger partial charge in [0.2, 0.25) is 0 Å². The lowest BCUT2D eigenvalue weighted by Crippen LogP contribution is -2.29. The molecule has 1 saturated carbocycles. The number of carbonyl (C=O) groups is 2. The van der Waals surface area contributed by atoms with E-state index in [0.29, 0.717) is 6.47 Å². The number of carboxylic acids is 1. The van der Waals surface area contributed by atoms with Gasteiger partial charge in [-0.15, -0.1) is 0 Å². The summed E-state index contributed by atoms with van der Waals surface area (Å²) in [6, 6.07) is 0.246. The Morgan fingerprint density at radius 1 is 1.43 bits per heavy atom. The van der Waals surface area contributed by atoms with Crippen LogP contribution in [0.25, 0.3) is 0 Å². The average molecular weight is 203 g/mol. The van der Waals surface area contributed by atoms with E-state index < -0.39 is 5.97 Å². The minimum Gasteiger partial charge on any atom is -0.481 e. The van der Waals surface area contributed by atoms with Gasteiger partial charge in [-0.3, -0.25) is 9.59 Å². The van der Waals surface area contributed by atoms with Crippen LogP contribution in [0.1, 0.15) is 25.7 Å². The van der Waals surface area contributed by atoms with E-state index in [2.05, 4.69) is 4.74 Å². The minimum absolute atomic E-state index is 0.125. The van der Waals surface area contributed by atoms with E-state index in [1.807, 2.05) is 0 Å². The highest BCUT2D eigenvalue weighted by Gasteiger charge is 2.23. The van der Waals surface area contributed by atoms with Crippen LogP contribution in [-0.2, 0) is 14.3 Å². The molecule has 0 bridgehead atoms. The molecule has 1 aliphatic rings. The van der Waals surface area contributed by atoms with Crippen LogP contribution in [0.15, 0.2) is 0 Å². The molecule has 0 saturated heterocycles. The number of methoxy groups -OCH3 is 1. The predicted molar refractivity (Wildman–Crippen MR) is 50.6 cm³/mol. The highest BCUT2D eigenvalue weighted by atomic mass is 16.5. The van der Waals surface area contributed by atoms with E-state index in [4.69, 9.17) is 15.6 Å². The van der Waals surface area contributed by atoms with E-state index in [1.54, 1.807) is 0 Å². The van der Waals surface area contributed by atoms with E-state index in [1.165, 1.54) is 7.11 Å². The van der Waals surface area contributed by atoms with Crippen LogP contribution in [-0.4, -0.2) is 30.7 Å². The average Bonchev–Trinajstić information content (AvgIpc) is 2.19. The number of ether oxygens (including phenoxy) is 1. The second-order valence-electron chi connectivity index (χ2n) is 3.28. The van der Waals surface area contributed by atoms with Crippen molar-refractivity contribution in [2.45, 2.75) is 31.7 Å². The largest absolute Gasteiger partial charge is 0.481 e. The van der Waals surface area contributed by atoms with E-state index >= 15 is 0 Å². The molecule has 0 atom stereocenters. The van der Waals surface area contributed by atoms with Crippen molar-refractivity contribution in [3.8, 4) is 0 Å². The Morgan fingerprint density at radius 2 is 1.86 bits per heavy atom. The number of carbonyl (C=O) groups excluding carboxylic acids is 1. The van der Waals surface area contributed by atoms with Crippen LogP contribution >= 0.6 is 0 Å². The quantitative estimate of drug-likeness (QED) is 0.633. The third-order valence-corrected chi connectivity index (χ3v) is 2.22. The summed E-state index contributed by atoms with van der Waals surface area (Å²) in [6.07, 6.45) is 3.26. The number of rotatable bonds is 2. The zero-order valence-corrected chi connectivity index (χ0v) is 8.31. The summed E-state index contributed by atoms with van der Waals surface area (Å²) >= 11 is 0. The molecule has 0 radical (unpaired) electrons. The Kier molecular flexibility index (Phi) is 6.74. The molecule has 1 aliphatic carbocycles. The van der Waals surface area contributed by atoms with Crippen molar-refractivity contribution in [1.82, 2.24) is 0 Å². The Hall–Kier alpha value is -1.10. The van der Waals surface area contributed by atoms with Crippen molar-refractivity contribution in [3.05, 3.63) is 0 Å². The molecule has 5 nitrogen and oxygen atoms in total. The van der Waals surface area contributed by atoms with Crippen LogP contribution in [0.5, 0.6) is 0 Å². The SMILES string of the molecule is COC=O.NC1CCC(C(=O)O)CC1. The highest BCUT2D eigenvalue weighted by molar-refractivity contribution is 5.70. The first kappa shape index (κ1) is 12.9. The summed E-state index contributed by atoms with van der Waals surface area (Å²) in [5.74, 6) is -0.785. The lowest BCUT2D eigenvalue weighted by atomic mass is 9.87.